The van der Waals surface area contributed by atoms with E-state index in [1.165, 1.54) is 6.42 Å². The van der Waals surface area contributed by atoms with Gasteiger partial charge in [0.25, 0.3) is 0 Å². The molecule has 0 bridgehead atoms. The van der Waals surface area contributed by atoms with Crippen molar-refractivity contribution in [1.29, 1.82) is 0 Å². The van der Waals surface area contributed by atoms with Crippen LogP contribution in [0.5, 0.6) is 0 Å². The summed E-state index contributed by atoms with van der Waals surface area (Å²) < 4.78 is 1.74. The molecule has 2 rings (SSSR count). The number of carbonyl (C=O) groups excluding carboxylic acids is 1. The number of amides is 1. The number of hydrogen-bond acceptors (Lipinski definition) is 4. The first-order chi connectivity index (χ1) is 8.27. The number of carbonyl (C=O) groups is 1. The molecule has 1 aliphatic rings. The van der Waals surface area contributed by atoms with Crippen molar-refractivity contribution in [3.63, 3.8) is 0 Å². The molecule has 1 amide bonds. The van der Waals surface area contributed by atoms with Gasteiger partial charge in [0.05, 0.1) is 0 Å². The molecule has 17 heavy (non-hydrogen) atoms. The van der Waals surface area contributed by atoms with Gasteiger partial charge in [-0.25, -0.2) is 4.68 Å². The average molecular weight is 237 g/mol. The molecule has 0 atom stereocenters. The first-order valence-electron chi connectivity index (χ1n) is 6.28. The van der Waals surface area contributed by atoms with Crippen LogP contribution in [-0.4, -0.2) is 44.1 Å². The van der Waals surface area contributed by atoms with Gasteiger partial charge >= 0.3 is 0 Å². The van der Waals surface area contributed by atoms with Crippen molar-refractivity contribution in [2.75, 3.05) is 13.1 Å². The lowest BCUT2D eigenvalue weighted by atomic mass is 10.1. The summed E-state index contributed by atoms with van der Waals surface area (Å²) >= 11 is 0. The van der Waals surface area contributed by atoms with Gasteiger partial charge in [0.1, 0.15) is 5.82 Å². The molecule has 1 aromatic heterocycles. The molecule has 6 heteroatoms. The van der Waals surface area contributed by atoms with E-state index in [0.29, 0.717) is 6.42 Å². The van der Waals surface area contributed by atoms with Crippen LogP contribution in [0.3, 0.4) is 0 Å². The molecule has 1 saturated heterocycles. The largest absolute Gasteiger partial charge is 0.343 e. The summed E-state index contributed by atoms with van der Waals surface area (Å²) in [6.45, 7) is 4.45. The number of aryl methyl sites for hydroxylation is 2. The minimum atomic E-state index is 0.274. The van der Waals surface area contributed by atoms with Gasteiger partial charge in [0.2, 0.25) is 5.91 Å². The second kappa shape index (κ2) is 5.75. The molecular formula is C11H19N5O. The minimum absolute atomic E-state index is 0.274. The summed E-state index contributed by atoms with van der Waals surface area (Å²) in [7, 11) is 0. The summed E-state index contributed by atoms with van der Waals surface area (Å²) in [5.74, 6) is 1.07. The summed E-state index contributed by atoms with van der Waals surface area (Å²) in [6, 6.07) is 0. The van der Waals surface area contributed by atoms with Gasteiger partial charge in [0.15, 0.2) is 0 Å². The normalized spacial score (nSPS) is 16.2. The number of aromatic nitrogens is 4. The van der Waals surface area contributed by atoms with E-state index in [1.54, 1.807) is 4.68 Å². The predicted octanol–water partition coefficient (Wildman–Crippen LogP) is 0.774. The Kier molecular flexibility index (Phi) is 4.06. The molecule has 0 N–H and O–H groups in total. The topological polar surface area (TPSA) is 63.9 Å². The Morgan fingerprint density at radius 2 is 2.06 bits per heavy atom. The minimum Gasteiger partial charge on any atom is -0.343 e. The van der Waals surface area contributed by atoms with Gasteiger partial charge in [-0.15, -0.1) is 5.10 Å². The van der Waals surface area contributed by atoms with Crippen LogP contribution in [0.15, 0.2) is 0 Å². The number of likely N-dealkylation sites (tertiary alicyclic amines) is 1. The Hall–Kier alpha value is -1.46. The predicted molar refractivity (Wildman–Crippen MR) is 62.2 cm³/mol. The molecule has 1 aliphatic heterocycles. The van der Waals surface area contributed by atoms with Crippen LogP contribution in [-0.2, 0) is 11.3 Å². The second-order valence-corrected chi connectivity index (χ2v) is 4.49. The van der Waals surface area contributed by atoms with Gasteiger partial charge in [0, 0.05) is 26.1 Å². The number of rotatable bonds is 4. The molecule has 0 aromatic carbocycles. The first kappa shape index (κ1) is 12.0. The van der Waals surface area contributed by atoms with Gasteiger partial charge < -0.3 is 4.90 Å². The Bertz CT molecular complexity index is 370. The molecule has 6 nitrogen and oxygen atoms in total. The standard InChI is InChI=1S/C11H19N5O/c1-10-12-13-14-16(10)9-5-6-11(17)15-7-3-2-4-8-15/h2-9H2,1H3. The average Bonchev–Trinajstić information content (AvgIpc) is 2.76. The fraction of sp³-hybridized carbons (Fsp3) is 0.818. The van der Waals surface area contributed by atoms with Crippen molar-refractivity contribution in [3.05, 3.63) is 5.82 Å². The van der Waals surface area contributed by atoms with E-state index < -0.39 is 0 Å². The van der Waals surface area contributed by atoms with Crippen LogP contribution in [0, 0.1) is 6.92 Å². The Balaban J connectivity index is 1.71. The highest BCUT2D eigenvalue weighted by atomic mass is 16.2. The summed E-state index contributed by atoms with van der Waals surface area (Å²) in [5, 5.41) is 11.2. The zero-order chi connectivity index (χ0) is 12.1. The van der Waals surface area contributed by atoms with E-state index in [9.17, 15) is 4.79 Å². The maximum Gasteiger partial charge on any atom is 0.222 e. The molecule has 94 valence electrons. The highest BCUT2D eigenvalue weighted by Gasteiger charge is 2.15. The molecule has 2 heterocycles. The third-order valence-corrected chi connectivity index (χ3v) is 3.18. The Morgan fingerprint density at radius 3 is 2.71 bits per heavy atom. The SMILES string of the molecule is Cc1nnnn1CCCC(=O)N1CCCCC1. The summed E-state index contributed by atoms with van der Waals surface area (Å²) in [5.41, 5.74) is 0. The quantitative estimate of drug-likeness (QED) is 0.776. The van der Waals surface area contributed by atoms with Crippen LogP contribution in [0.2, 0.25) is 0 Å². The number of tetrazole rings is 1. The maximum atomic E-state index is 11.9. The zero-order valence-electron chi connectivity index (χ0n) is 10.3. The fourth-order valence-corrected chi connectivity index (χ4v) is 2.14. The van der Waals surface area contributed by atoms with Crippen LogP contribution < -0.4 is 0 Å². The van der Waals surface area contributed by atoms with Crippen molar-refractivity contribution < 1.29 is 4.79 Å². The smallest absolute Gasteiger partial charge is 0.222 e. The molecule has 0 aliphatic carbocycles. The monoisotopic (exact) mass is 237 g/mol. The molecular weight excluding hydrogens is 218 g/mol. The lowest BCUT2D eigenvalue weighted by Crippen LogP contribution is -2.35. The zero-order valence-corrected chi connectivity index (χ0v) is 10.3. The highest BCUT2D eigenvalue weighted by Crippen LogP contribution is 2.10. The van der Waals surface area contributed by atoms with E-state index in [4.69, 9.17) is 0 Å². The Morgan fingerprint density at radius 1 is 1.29 bits per heavy atom. The molecule has 0 saturated carbocycles. The second-order valence-electron chi connectivity index (χ2n) is 4.49. The number of hydrogen-bond donors (Lipinski definition) is 0. The molecule has 0 spiro atoms. The molecule has 0 radical (unpaired) electrons. The van der Waals surface area contributed by atoms with E-state index in [-0.39, 0.29) is 5.91 Å². The lowest BCUT2D eigenvalue weighted by Gasteiger charge is -2.26. The third-order valence-electron chi connectivity index (χ3n) is 3.18. The van der Waals surface area contributed by atoms with E-state index >= 15 is 0 Å². The third kappa shape index (κ3) is 3.25. The molecule has 1 fully saturated rings. The van der Waals surface area contributed by atoms with Crippen LogP contribution in [0.1, 0.15) is 37.9 Å². The fourth-order valence-electron chi connectivity index (χ4n) is 2.14. The van der Waals surface area contributed by atoms with Crippen molar-refractivity contribution >= 4 is 5.91 Å². The van der Waals surface area contributed by atoms with E-state index in [2.05, 4.69) is 15.5 Å². The summed E-state index contributed by atoms with van der Waals surface area (Å²) in [4.78, 5) is 13.9. The molecule has 1 aromatic rings. The first-order valence-corrected chi connectivity index (χ1v) is 6.28. The number of piperidine rings is 1. The summed E-state index contributed by atoms with van der Waals surface area (Å²) in [6.07, 6.45) is 4.96. The van der Waals surface area contributed by atoms with Crippen molar-refractivity contribution in [1.82, 2.24) is 25.1 Å². The van der Waals surface area contributed by atoms with Gasteiger partial charge in [-0.05, 0) is 43.0 Å². The van der Waals surface area contributed by atoms with Gasteiger partial charge in [-0.1, -0.05) is 0 Å². The van der Waals surface area contributed by atoms with Crippen LogP contribution in [0.25, 0.3) is 0 Å². The lowest BCUT2D eigenvalue weighted by molar-refractivity contribution is -0.132. The van der Waals surface area contributed by atoms with Crippen LogP contribution >= 0.6 is 0 Å². The molecule has 0 unspecified atom stereocenters. The van der Waals surface area contributed by atoms with Crippen molar-refractivity contribution in [3.8, 4) is 0 Å². The maximum absolute atomic E-state index is 11.9. The van der Waals surface area contributed by atoms with E-state index in [1.807, 2.05) is 11.8 Å². The van der Waals surface area contributed by atoms with E-state index in [0.717, 1.165) is 44.7 Å². The van der Waals surface area contributed by atoms with Crippen LogP contribution in [0.4, 0.5) is 0 Å². The Labute approximate surface area is 101 Å². The van der Waals surface area contributed by atoms with Gasteiger partial charge in [-0.3, -0.25) is 4.79 Å². The van der Waals surface area contributed by atoms with Crippen molar-refractivity contribution in [2.24, 2.45) is 0 Å². The van der Waals surface area contributed by atoms with Gasteiger partial charge in [-0.2, -0.15) is 0 Å². The van der Waals surface area contributed by atoms with Crippen molar-refractivity contribution in [2.45, 2.75) is 45.6 Å². The highest BCUT2D eigenvalue weighted by molar-refractivity contribution is 5.76. The number of nitrogens with zero attached hydrogens (tertiary/aromatic N) is 5.